The van der Waals surface area contributed by atoms with Crippen LogP contribution < -0.4 is 5.32 Å². The van der Waals surface area contributed by atoms with Crippen molar-refractivity contribution in [3.8, 4) is 0 Å². The van der Waals surface area contributed by atoms with E-state index >= 15 is 0 Å². The lowest BCUT2D eigenvalue weighted by Crippen LogP contribution is -2.40. The summed E-state index contributed by atoms with van der Waals surface area (Å²) in [6.07, 6.45) is 1.28. The maximum absolute atomic E-state index is 12.1. The molecule has 0 aromatic heterocycles. The molecule has 4 nitrogen and oxygen atoms in total. The third kappa shape index (κ3) is 3.45. The number of Topliss-reactive ketones (excluding diaryl/α,β-unsaturated/α-hetero) is 1. The first-order valence-corrected chi connectivity index (χ1v) is 7.04. The fourth-order valence-electron chi connectivity index (χ4n) is 2.81. The van der Waals surface area contributed by atoms with Crippen LogP contribution in [0.25, 0.3) is 0 Å². The summed E-state index contributed by atoms with van der Waals surface area (Å²) < 4.78 is 0. The molecule has 1 saturated heterocycles. The summed E-state index contributed by atoms with van der Waals surface area (Å²) in [6.45, 7) is 3.87. The predicted molar refractivity (Wildman–Crippen MR) is 78.4 cm³/mol. The molecule has 0 aliphatic carbocycles. The van der Waals surface area contributed by atoms with E-state index in [1.807, 2.05) is 37.3 Å². The minimum Gasteiger partial charge on any atom is -0.359 e. The summed E-state index contributed by atoms with van der Waals surface area (Å²) in [7, 11) is 1.66. The average molecular weight is 274 g/mol. The molecule has 2 rings (SSSR count). The maximum atomic E-state index is 12.1. The zero-order valence-corrected chi connectivity index (χ0v) is 12.2. The lowest BCUT2D eigenvalue weighted by molar-refractivity contribution is -0.129. The summed E-state index contributed by atoms with van der Waals surface area (Å²) in [6, 6.07) is 9.78. The molecule has 0 radical (unpaired) electrons. The number of nitrogens with one attached hydrogen (secondary N) is 1. The van der Waals surface area contributed by atoms with Gasteiger partial charge in [0.05, 0.1) is 12.0 Å². The van der Waals surface area contributed by atoms with Crippen molar-refractivity contribution in [3.63, 3.8) is 0 Å². The number of nitrogens with zero attached hydrogens (tertiary/aromatic N) is 1. The average Bonchev–Trinajstić information content (AvgIpc) is 2.81. The smallest absolute Gasteiger partial charge is 0.227 e. The van der Waals surface area contributed by atoms with Crippen LogP contribution in [0.5, 0.6) is 0 Å². The van der Waals surface area contributed by atoms with Gasteiger partial charge in [-0.2, -0.15) is 0 Å². The van der Waals surface area contributed by atoms with Crippen LogP contribution in [0, 0.1) is 5.41 Å². The maximum Gasteiger partial charge on any atom is 0.227 e. The Labute approximate surface area is 120 Å². The molecule has 1 amide bonds. The zero-order valence-electron chi connectivity index (χ0n) is 12.2. The van der Waals surface area contributed by atoms with Crippen LogP contribution in [-0.2, 0) is 16.0 Å². The van der Waals surface area contributed by atoms with Crippen LogP contribution in [0.4, 0.5) is 0 Å². The largest absolute Gasteiger partial charge is 0.359 e. The van der Waals surface area contributed by atoms with Crippen molar-refractivity contribution in [3.05, 3.63) is 35.9 Å². The van der Waals surface area contributed by atoms with E-state index < -0.39 is 0 Å². The van der Waals surface area contributed by atoms with E-state index in [2.05, 4.69) is 10.2 Å². The lowest BCUT2D eigenvalue weighted by atomic mass is 9.89. The molecule has 1 unspecified atom stereocenters. The van der Waals surface area contributed by atoms with Gasteiger partial charge >= 0.3 is 0 Å². The molecule has 4 heteroatoms. The number of hydrogen-bond acceptors (Lipinski definition) is 3. The summed E-state index contributed by atoms with van der Waals surface area (Å²) in [5, 5.41) is 2.71. The van der Waals surface area contributed by atoms with Crippen molar-refractivity contribution in [2.75, 3.05) is 26.7 Å². The van der Waals surface area contributed by atoms with Crippen LogP contribution in [0.2, 0.25) is 0 Å². The first-order valence-electron chi connectivity index (χ1n) is 7.04. The van der Waals surface area contributed by atoms with E-state index in [9.17, 15) is 9.59 Å². The van der Waals surface area contributed by atoms with Gasteiger partial charge in [-0.05, 0) is 25.5 Å². The van der Waals surface area contributed by atoms with Crippen molar-refractivity contribution < 1.29 is 9.59 Å². The zero-order chi connectivity index (χ0) is 14.6. The van der Waals surface area contributed by atoms with Gasteiger partial charge in [-0.1, -0.05) is 30.3 Å². The second-order valence-corrected chi connectivity index (χ2v) is 5.80. The van der Waals surface area contributed by atoms with E-state index in [4.69, 9.17) is 0 Å². The van der Waals surface area contributed by atoms with Crippen molar-refractivity contribution in [1.29, 1.82) is 0 Å². The van der Waals surface area contributed by atoms with Gasteiger partial charge in [0.15, 0.2) is 5.78 Å². The molecule has 1 aromatic carbocycles. The molecule has 20 heavy (non-hydrogen) atoms. The Morgan fingerprint density at radius 2 is 2.00 bits per heavy atom. The summed E-state index contributed by atoms with van der Waals surface area (Å²) in [4.78, 5) is 26.0. The number of amides is 1. The van der Waals surface area contributed by atoms with Crippen LogP contribution in [0.15, 0.2) is 30.3 Å². The fraction of sp³-hybridized carbons (Fsp3) is 0.500. The molecule has 0 bridgehead atoms. The number of carbonyl (C=O) groups is 2. The first-order chi connectivity index (χ1) is 9.53. The monoisotopic (exact) mass is 274 g/mol. The lowest BCUT2D eigenvalue weighted by Gasteiger charge is -2.22. The van der Waals surface area contributed by atoms with Crippen molar-refractivity contribution >= 4 is 11.7 Å². The number of rotatable bonds is 5. The highest BCUT2D eigenvalue weighted by atomic mass is 16.2. The summed E-state index contributed by atoms with van der Waals surface area (Å²) in [5.74, 6) is 0.271. The van der Waals surface area contributed by atoms with E-state index in [1.165, 1.54) is 0 Å². The van der Waals surface area contributed by atoms with Gasteiger partial charge in [0, 0.05) is 20.0 Å². The van der Waals surface area contributed by atoms with Crippen LogP contribution in [0.1, 0.15) is 18.9 Å². The number of benzene rings is 1. The Kier molecular flexibility index (Phi) is 4.55. The topological polar surface area (TPSA) is 49.4 Å². The second kappa shape index (κ2) is 6.18. The second-order valence-electron chi connectivity index (χ2n) is 5.80. The molecule has 1 aliphatic heterocycles. The van der Waals surface area contributed by atoms with Gasteiger partial charge in [-0.25, -0.2) is 0 Å². The summed E-state index contributed by atoms with van der Waals surface area (Å²) in [5.41, 5.74) is 0.688. The molecule has 1 N–H and O–H groups in total. The van der Waals surface area contributed by atoms with E-state index in [0.717, 1.165) is 18.5 Å². The van der Waals surface area contributed by atoms with E-state index in [1.54, 1.807) is 7.05 Å². The quantitative estimate of drug-likeness (QED) is 0.879. The Bertz CT molecular complexity index is 487. The number of hydrogen-bond donors (Lipinski definition) is 1. The van der Waals surface area contributed by atoms with Gasteiger partial charge in [0.25, 0.3) is 0 Å². The summed E-state index contributed by atoms with van der Waals surface area (Å²) >= 11 is 0. The van der Waals surface area contributed by atoms with E-state index in [0.29, 0.717) is 19.5 Å². The minimum absolute atomic E-state index is 0.0653. The van der Waals surface area contributed by atoms with Crippen LogP contribution in [0.3, 0.4) is 0 Å². The number of ketones is 1. The number of likely N-dealkylation sites (tertiary alicyclic amines) is 1. The Morgan fingerprint density at radius 1 is 1.30 bits per heavy atom. The molecule has 0 spiro atoms. The number of carbonyl (C=O) groups excluding carboxylic acids is 2. The Hall–Kier alpha value is -1.68. The van der Waals surface area contributed by atoms with Crippen molar-refractivity contribution in [2.45, 2.75) is 19.8 Å². The third-order valence-electron chi connectivity index (χ3n) is 3.97. The fourth-order valence-corrected chi connectivity index (χ4v) is 2.81. The first kappa shape index (κ1) is 14.7. The molecular formula is C16H22N2O2. The highest BCUT2D eigenvalue weighted by Crippen LogP contribution is 2.29. The SMILES string of the molecule is CNC(=O)C1(C)CCN(CC(=O)Cc2ccccc2)C1. The third-order valence-corrected chi connectivity index (χ3v) is 3.97. The molecule has 1 fully saturated rings. The molecular weight excluding hydrogens is 252 g/mol. The van der Waals surface area contributed by atoms with Crippen molar-refractivity contribution in [2.24, 2.45) is 5.41 Å². The Morgan fingerprint density at radius 3 is 2.65 bits per heavy atom. The van der Waals surface area contributed by atoms with Gasteiger partial charge < -0.3 is 5.32 Å². The van der Waals surface area contributed by atoms with Crippen molar-refractivity contribution in [1.82, 2.24) is 10.2 Å². The van der Waals surface area contributed by atoms with Gasteiger partial charge in [0.1, 0.15) is 0 Å². The highest BCUT2D eigenvalue weighted by molar-refractivity contribution is 5.84. The van der Waals surface area contributed by atoms with Crippen LogP contribution >= 0.6 is 0 Å². The molecule has 1 aromatic rings. The standard InChI is InChI=1S/C16H22N2O2/c1-16(15(20)17-2)8-9-18(12-16)11-14(19)10-13-6-4-3-5-7-13/h3-7H,8-12H2,1-2H3,(H,17,20). The molecule has 1 heterocycles. The molecule has 1 aliphatic rings. The molecule has 1 atom stereocenters. The van der Waals surface area contributed by atoms with Crippen LogP contribution in [-0.4, -0.2) is 43.3 Å². The van der Waals surface area contributed by atoms with Gasteiger partial charge in [0.2, 0.25) is 5.91 Å². The van der Waals surface area contributed by atoms with E-state index in [-0.39, 0.29) is 17.1 Å². The normalized spacial score (nSPS) is 22.7. The predicted octanol–water partition coefficient (Wildman–Crippen LogP) is 1.26. The van der Waals surface area contributed by atoms with Gasteiger partial charge in [-0.3, -0.25) is 14.5 Å². The van der Waals surface area contributed by atoms with Gasteiger partial charge in [-0.15, -0.1) is 0 Å². The molecule has 0 saturated carbocycles. The Balaban J connectivity index is 1.86. The minimum atomic E-state index is -0.359. The molecule has 108 valence electrons. The highest BCUT2D eigenvalue weighted by Gasteiger charge is 2.39.